The molecule has 2 rings (SSSR count). The van der Waals surface area contributed by atoms with E-state index in [2.05, 4.69) is 10.7 Å². The Bertz CT molecular complexity index is 766. The first-order valence-corrected chi connectivity index (χ1v) is 6.83. The smallest absolute Gasteiger partial charge is 0.429 e. The van der Waals surface area contributed by atoms with Gasteiger partial charge in [-0.05, 0) is 36.4 Å². The summed E-state index contributed by atoms with van der Waals surface area (Å²) in [6.07, 6.45) is -1.03. The first-order chi connectivity index (χ1) is 11.5. The lowest BCUT2D eigenvalue weighted by atomic mass is 10.2. The van der Waals surface area contributed by atoms with Gasteiger partial charge in [-0.15, -0.1) is 4.91 Å². The van der Waals surface area contributed by atoms with Gasteiger partial charge in [0.25, 0.3) is 5.69 Å². The Morgan fingerprint density at radius 1 is 1.24 bits per heavy atom. The summed E-state index contributed by atoms with van der Waals surface area (Å²) in [5.41, 5.74) is 2.52. The number of nitro benzene ring substituents is 1. The lowest BCUT2D eigenvalue weighted by Gasteiger charge is -2.07. The van der Waals surface area contributed by atoms with Crippen LogP contribution in [0.3, 0.4) is 0 Å². The van der Waals surface area contributed by atoms with Crippen LogP contribution in [0.5, 0.6) is 5.75 Å². The van der Waals surface area contributed by atoms with Crippen molar-refractivity contribution in [2.45, 2.75) is 14.0 Å². The summed E-state index contributed by atoms with van der Waals surface area (Å²) in [5.74, 6) is 0.169. The SMILES string of the molecule is C.O=NNc1ccc(OC(=O)OCc2ccc(Cl)cc2[N+](=O)[O-])cc1. The number of carbonyl (C=O) groups is 1. The van der Waals surface area contributed by atoms with E-state index in [4.69, 9.17) is 21.1 Å². The van der Waals surface area contributed by atoms with Crippen molar-refractivity contribution < 1.29 is 19.2 Å². The van der Waals surface area contributed by atoms with Crippen molar-refractivity contribution >= 4 is 29.1 Å². The number of nitrogens with one attached hydrogen (secondary N) is 1. The minimum atomic E-state index is -1.03. The molecule has 0 fully saturated rings. The van der Waals surface area contributed by atoms with Crippen LogP contribution in [-0.2, 0) is 11.3 Å². The van der Waals surface area contributed by atoms with E-state index in [1.54, 1.807) is 0 Å². The second-order valence-electron chi connectivity index (χ2n) is 4.40. The van der Waals surface area contributed by atoms with Gasteiger partial charge in [0.1, 0.15) is 12.4 Å². The van der Waals surface area contributed by atoms with Gasteiger partial charge in [-0.3, -0.25) is 10.1 Å². The Labute approximate surface area is 147 Å². The first kappa shape index (κ1) is 19.8. The fourth-order valence-corrected chi connectivity index (χ4v) is 1.91. The Balaban J connectivity index is 0.00000312. The molecule has 0 amide bonds. The summed E-state index contributed by atoms with van der Waals surface area (Å²) in [6.45, 7) is -0.346. The molecule has 25 heavy (non-hydrogen) atoms. The lowest BCUT2D eigenvalue weighted by Crippen LogP contribution is -2.11. The van der Waals surface area contributed by atoms with E-state index >= 15 is 0 Å². The third kappa shape index (κ3) is 5.74. The molecule has 132 valence electrons. The van der Waals surface area contributed by atoms with E-state index in [9.17, 15) is 19.8 Å². The Morgan fingerprint density at radius 2 is 1.92 bits per heavy atom. The van der Waals surface area contributed by atoms with Gasteiger partial charge in [0.05, 0.1) is 21.5 Å². The van der Waals surface area contributed by atoms with Crippen LogP contribution in [0.2, 0.25) is 5.02 Å². The second-order valence-corrected chi connectivity index (χ2v) is 4.83. The number of nitrogens with zero attached hydrogens (tertiary/aromatic N) is 2. The zero-order valence-electron chi connectivity index (χ0n) is 12.0. The summed E-state index contributed by atoms with van der Waals surface area (Å²) in [7, 11) is 0. The van der Waals surface area contributed by atoms with Gasteiger partial charge in [-0.2, -0.15) is 0 Å². The molecular formula is C15H14ClN3O6. The molecular weight excluding hydrogens is 354 g/mol. The molecule has 0 atom stereocenters. The van der Waals surface area contributed by atoms with Crippen molar-refractivity contribution in [3.63, 3.8) is 0 Å². The van der Waals surface area contributed by atoms with Crippen LogP contribution in [0.1, 0.15) is 13.0 Å². The quantitative estimate of drug-likeness (QED) is 0.258. The number of halogens is 1. The Morgan fingerprint density at radius 3 is 2.52 bits per heavy atom. The van der Waals surface area contributed by atoms with Gasteiger partial charge in [-0.25, -0.2) is 10.2 Å². The topological polar surface area (TPSA) is 120 Å². The van der Waals surface area contributed by atoms with Crippen molar-refractivity contribution in [3.05, 3.63) is 68.1 Å². The van der Waals surface area contributed by atoms with Crippen molar-refractivity contribution in [1.82, 2.24) is 0 Å². The summed E-state index contributed by atoms with van der Waals surface area (Å²) >= 11 is 5.70. The third-order valence-electron chi connectivity index (χ3n) is 2.82. The Kier molecular flexibility index (Phi) is 7.29. The minimum absolute atomic E-state index is 0. The van der Waals surface area contributed by atoms with E-state index in [1.165, 1.54) is 42.5 Å². The highest BCUT2D eigenvalue weighted by atomic mass is 35.5. The van der Waals surface area contributed by atoms with Gasteiger partial charge in [0, 0.05) is 11.1 Å². The molecule has 0 aliphatic rings. The zero-order chi connectivity index (χ0) is 17.5. The Hall–Kier alpha value is -3.20. The molecule has 0 saturated heterocycles. The highest BCUT2D eigenvalue weighted by Crippen LogP contribution is 2.24. The number of carbonyl (C=O) groups excluding carboxylic acids is 1. The standard InChI is InChI=1S/C14H10ClN3O6.CH4/c15-10-2-1-9(13(7-10)18(21)22)8-23-14(19)24-12-5-3-11(4-6-12)16-17-20;/h1-7H,8H2,(H,16,20);1H4. The van der Waals surface area contributed by atoms with Crippen molar-refractivity contribution in [2.24, 2.45) is 5.29 Å². The number of rotatable bonds is 6. The van der Waals surface area contributed by atoms with Crippen molar-refractivity contribution in [3.8, 4) is 5.75 Å². The maximum absolute atomic E-state index is 11.6. The van der Waals surface area contributed by atoms with Crippen LogP contribution in [0, 0.1) is 15.0 Å². The molecule has 0 aromatic heterocycles. The highest BCUT2D eigenvalue weighted by molar-refractivity contribution is 6.30. The van der Waals surface area contributed by atoms with Crippen LogP contribution in [0.25, 0.3) is 0 Å². The number of hydrogen-bond acceptors (Lipinski definition) is 7. The molecule has 9 nitrogen and oxygen atoms in total. The molecule has 0 heterocycles. The monoisotopic (exact) mass is 367 g/mol. The van der Waals surface area contributed by atoms with Gasteiger partial charge in [-0.1, -0.05) is 19.0 Å². The predicted molar refractivity (Wildman–Crippen MR) is 91.5 cm³/mol. The van der Waals surface area contributed by atoms with Crippen LogP contribution >= 0.6 is 11.6 Å². The molecule has 0 aliphatic heterocycles. The van der Waals surface area contributed by atoms with E-state index in [-0.39, 0.29) is 36.1 Å². The third-order valence-corrected chi connectivity index (χ3v) is 3.05. The largest absolute Gasteiger partial charge is 0.514 e. The molecule has 0 spiro atoms. The number of anilines is 1. The van der Waals surface area contributed by atoms with Gasteiger partial charge >= 0.3 is 6.16 Å². The number of ether oxygens (including phenoxy) is 2. The summed E-state index contributed by atoms with van der Waals surface area (Å²) < 4.78 is 9.75. The molecule has 0 saturated carbocycles. The second kappa shape index (κ2) is 9.18. The summed E-state index contributed by atoms with van der Waals surface area (Å²) in [5, 5.41) is 13.6. The van der Waals surface area contributed by atoms with Crippen LogP contribution in [-0.4, -0.2) is 11.1 Å². The minimum Gasteiger partial charge on any atom is -0.429 e. The summed E-state index contributed by atoms with van der Waals surface area (Å²) in [6, 6.07) is 9.77. The van der Waals surface area contributed by atoms with Crippen LogP contribution < -0.4 is 10.2 Å². The number of hydrogen-bond donors (Lipinski definition) is 1. The number of nitro groups is 1. The fraction of sp³-hybridized carbons (Fsp3) is 0.133. The average Bonchev–Trinajstić information content (AvgIpc) is 2.55. The molecule has 0 radical (unpaired) electrons. The molecule has 1 N–H and O–H groups in total. The molecule has 0 aliphatic carbocycles. The number of benzene rings is 2. The molecule has 0 unspecified atom stereocenters. The molecule has 2 aromatic carbocycles. The molecule has 2 aromatic rings. The molecule has 10 heteroatoms. The average molecular weight is 368 g/mol. The van der Waals surface area contributed by atoms with Gasteiger partial charge < -0.3 is 9.47 Å². The van der Waals surface area contributed by atoms with Crippen molar-refractivity contribution in [1.29, 1.82) is 0 Å². The maximum Gasteiger partial charge on any atom is 0.514 e. The van der Waals surface area contributed by atoms with Crippen LogP contribution in [0.4, 0.5) is 16.2 Å². The van der Waals surface area contributed by atoms with E-state index < -0.39 is 11.1 Å². The highest BCUT2D eigenvalue weighted by Gasteiger charge is 2.16. The van der Waals surface area contributed by atoms with E-state index in [0.717, 1.165) is 0 Å². The first-order valence-electron chi connectivity index (χ1n) is 6.45. The van der Waals surface area contributed by atoms with Gasteiger partial charge in [0.15, 0.2) is 0 Å². The summed E-state index contributed by atoms with van der Waals surface area (Å²) in [4.78, 5) is 32.0. The fourth-order valence-electron chi connectivity index (χ4n) is 1.74. The lowest BCUT2D eigenvalue weighted by molar-refractivity contribution is -0.385. The normalized spacial score (nSPS) is 9.48. The van der Waals surface area contributed by atoms with E-state index in [1.807, 2.05) is 0 Å². The van der Waals surface area contributed by atoms with Crippen LogP contribution in [0.15, 0.2) is 47.8 Å². The zero-order valence-corrected chi connectivity index (χ0v) is 12.7. The van der Waals surface area contributed by atoms with E-state index in [0.29, 0.717) is 5.69 Å². The van der Waals surface area contributed by atoms with Gasteiger partial charge in [0.2, 0.25) is 0 Å². The predicted octanol–water partition coefficient (Wildman–Crippen LogP) is 4.69. The van der Waals surface area contributed by atoms with Crippen molar-refractivity contribution in [2.75, 3.05) is 5.43 Å². The maximum atomic E-state index is 11.6. The molecule has 0 bridgehead atoms. The number of nitroso groups, excluding NO2 is 1.